The van der Waals surface area contributed by atoms with E-state index in [4.69, 9.17) is 4.74 Å². The molecular weight excluding hydrogens is 402 g/mol. The van der Waals surface area contributed by atoms with Gasteiger partial charge in [0.25, 0.3) is 5.91 Å². The molecule has 2 fully saturated rings. The van der Waals surface area contributed by atoms with Crippen molar-refractivity contribution in [2.75, 3.05) is 53.4 Å². The van der Waals surface area contributed by atoms with Crippen LogP contribution in [0.2, 0.25) is 0 Å². The molecule has 2 aromatic rings. The topological polar surface area (TPSA) is 53.1 Å². The molecule has 32 heavy (non-hydrogen) atoms. The maximum atomic E-state index is 13.7. The maximum Gasteiger partial charge on any atom is 0.257 e. The molecular formula is C26H33N3O3. The number of likely N-dealkylation sites (N-methyl/N-ethyl adjacent to an activating group) is 1. The largest absolute Gasteiger partial charge is 0.361 e. The first-order valence-corrected chi connectivity index (χ1v) is 11.4. The average molecular weight is 436 g/mol. The summed E-state index contributed by atoms with van der Waals surface area (Å²) in [7, 11) is 4.02. The highest BCUT2D eigenvalue weighted by molar-refractivity contribution is 5.91. The zero-order valence-electron chi connectivity index (χ0n) is 19.3. The Bertz CT molecular complexity index is 945. The van der Waals surface area contributed by atoms with Crippen molar-refractivity contribution >= 4 is 11.8 Å². The van der Waals surface area contributed by atoms with Crippen LogP contribution in [-0.2, 0) is 20.7 Å². The van der Waals surface area contributed by atoms with Gasteiger partial charge >= 0.3 is 0 Å². The van der Waals surface area contributed by atoms with Crippen LogP contribution in [0.15, 0.2) is 54.6 Å². The summed E-state index contributed by atoms with van der Waals surface area (Å²) in [5.41, 5.74) is 2.23. The molecule has 4 rings (SSSR count). The zero-order valence-corrected chi connectivity index (χ0v) is 19.3. The molecule has 1 spiro atoms. The number of hydrogen-bond acceptors (Lipinski definition) is 4. The van der Waals surface area contributed by atoms with Gasteiger partial charge in [-0.1, -0.05) is 60.2 Å². The van der Waals surface area contributed by atoms with Gasteiger partial charge in [0.05, 0.1) is 19.6 Å². The van der Waals surface area contributed by atoms with Crippen LogP contribution in [0, 0.1) is 6.92 Å². The van der Waals surface area contributed by atoms with E-state index >= 15 is 0 Å². The van der Waals surface area contributed by atoms with Crippen LogP contribution in [0.1, 0.15) is 22.6 Å². The minimum Gasteiger partial charge on any atom is -0.361 e. The normalized spacial score (nSPS) is 23.4. The number of carbonyl (C=O) groups excluding carboxylic acids is 2. The van der Waals surface area contributed by atoms with Crippen LogP contribution in [0.25, 0.3) is 0 Å². The summed E-state index contributed by atoms with van der Waals surface area (Å²) >= 11 is 0. The van der Waals surface area contributed by atoms with Crippen molar-refractivity contribution in [3.05, 3.63) is 71.3 Å². The molecule has 2 atom stereocenters. The first-order valence-electron chi connectivity index (χ1n) is 11.4. The Morgan fingerprint density at radius 1 is 1.12 bits per heavy atom. The van der Waals surface area contributed by atoms with E-state index in [1.807, 2.05) is 73.3 Å². The van der Waals surface area contributed by atoms with Gasteiger partial charge in [-0.05, 0) is 32.1 Å². The van der Waals surface area contributed by atoms with Gasteiger partial charge in [-0.25, -0.2) is 0 Å². The molecule has 2 saturated heterocycles. The average Bonchev–Trinajstić information content (AvgIpc) is 3.05. The number of aryl methyl sites for hydroxylation is 1. The van der Waals surface area contributed by atoms with Crippen LogP contribution < -0.4 is 0 Å². The van der Waals surface area contributed by atoms with Crippen LogP contribution in [0.3, 0.4) is 0 Å². The summed E-state index contributed by atoms with van der Waals surface area (Å²) in [6, 6.07) is 18.2. The van der Waals surface area contributed by atoms with Gasteiger partial charge in [-0.2, -0.15) is 0 Å². The second-order valence-electron chi connectivity index (χ2n) is 9.23. The third-order valence-electron chi connectivity index (χ3n) is 6.61. The second kappa shape index (κ2) is 9.43. The molecule has 6 heteroatoms. The van der Waals surface area contributed by atoms with Crippen LogP contribution in [0.5, 0.6) is 0 Å². The van der Waals surface area contributed by atoms with E-state index in [-0.39, 0.29) is 17.7 Å². The van der Waals surface area contributed by atoms with Gasteiger partial charge in [0.1, 0.15) is 0 Å². The summed E-state index contributed by atoms with van der Waals surface area (Å²) in [6.45, 7) is 5.27. The zero-order chi connectivity index (χ0) is 22.7. The number of rotatable bonds is 6. The Balaban J connectivity index is 1.58. The van der Waals surface area contributed by atoms with Gasteiger partial charge in [0.2, 0.25) is 5.91 Å². The lowest BCUT2D eigenvalue weighted by Crippen LogP contribution is -2.59. The van der Waals surface area contributed by atoms with E-state index in [1.165, 1.54) is 5.56 Å². The van der Waals surface area contributed by atoms with Gasteiger partial charge in [0.15, 0.2) is 5.60 Å². The number of nitrogens with zero attached hydrogens (tertiary/aromatic N) is 3. The smallest absolute Gasteiger partial charge is 0.257 e. The van der Waals surface area contributed by atoms with Crippen molar-refractivity contribution in [1.82, 2.24) is 14.7 Å². The first kappa shape index (κ1) is 22.5. The van der Waals surface area contributed by atoms with Gasteiger partial charge < -0.3 is 19.4 Å². The predicted molar refractivity (Wildman–Crippen MR) is 124 cm³/mol. The van der Waals surface area contributed by atoms with Crippen LogP contribution in [0.4, 0.5) is 0 Å². The highest BCUT2D eigenvalue weighted by atomic mass is 16.5. The van der Waals surface area contributed by atoms with Crippen molar-refractivity contribution in [2.24, 2.45) is 0 Å². The van der Waals surface area contributed by atoms with Crippen molar-refractivity contribution in [3.8, 4) is 0 Å². The fraction of sp³-hybridized carbons (Fsp3) is 0.462. The van der Waals surface area contributed by atoms with E-state index in [0.29, 0.717) is 39.2 Å². The van der Waals surface area contributed by atoms with Crippen molar-refractivity contribution in [3.63, 3.8) is 0 Å². The van der Waals surface area contributed by atoms with Gasteiger partial charge in [-0.3, -0.25) is 9.59 Å². The maximum absolute atomic E-state index is 13.7. The highest BCUT2D eigenvalue weighted by Gasteiger charge is 2.58. The molecule has 2 heterocycles. The number of likely N-dealkylation sites (tertiary alicyclic amines) is 1. The second-order valence-corrected chi connectivity index (χ2v) is 9.23. The quantitative estimate of drug-likeness (QED) is 0.699. The third kappa shape index (κ3) is 4.57. The molecule has 0 aliphatic carbocycles. The molecule has 2 aromatic carbocycles. The molecule has 170 valence electrons. The summed E-state index contributed by atoms with van der Waals surface area (Å²) in [5.74, 6) is -0.0581. The molecule has 0 saturated carbocycles. The van der Waals surface area contributed by atoms with E-state index in [2.05, 4.69) is 17.0 Å². The number of ether oxygens (including phenoxy) is 1. The summed E-state index contributed by atoms with van der Waals surface area (Å²) in [4.78, 5) is 32.7. The molecule has 0 aromatic heterocycles. The van der Waals surface area contributed by atoms with E-state index in [1.54, 1.807) is 0 Å². The van der Waals surface area contributed by atoms with E-state index < -0.39 is 5.60 Å². The molecule has 0 radical (unpaired) electrons. The minimum atomic E-state index is -1.02. The number of amides is 2. The summed E-state index contributed by atoms with van der Waals surface area (Å²) in [6.07, 6.45) is 0.338. The molecule has 0 bridgehead atoms. The van der Waals surface area contributed by atoms with Crippen LogP contribution >= 0.6 is 0 Å². The molecule has 0 unspecified atom stereocenters. The Morgan fingerprint density at radius 2 is 1.84 bits per heavy atom. The molecule has 2 aliphatic rings. The SMILES string of the molecule is Cc1ccc(CC(=O)N2CCO[C@@]3(C2)C(=O)N(CCN(C)C)C[C@H]3c2ccccc2)cc1. The number of carbonyl (C=O) groups is 2. The first-order chi connectivity index (χ1) is 15.4. The Labute approximate surface area is 190 Å². The lowest BCUT2D eigenvalue weighted by molar-refractivity contribution is -0.167. The van der Waals surface area contributed by atoms with E-state index in [9.17, 15) is 9.59 Å². The standard InChI is InChI=1S/C26H33N3O3/c1-20-9-11-21(12-10-20)17-24(30)29-15-16-32-26(19-29)23(22-7-5-4-6-8-22)18-28(25(26)31)14-13-27(2)3/h4-12,23H,13-19H2,1-3H3/t23-,26+/m0/s1. The lowest BCUT2D eigenvalue weighted by Gasteiger charge is -2.42. The number of morpholine rings is 1. The molecule has 2 aliphatic heterocycles. The van der Waals surface area contributed by atoms with Crippen molar-refractivity contribution < 1.29 is 14.3 Å². The Morgan fingerprint density at radius 3 is 2.53 bits per heavy atom. The minimum absolute atomic E-state index is 0.000962. The fourth-order valence-corrected chi connectivity index (χ4v) is 4.73. The lowest BCUT2D eigenvalue weighted by atomic mass is 9.83. The van der Waals surface area contributed by atoms with Crippen molar-refractivity contribution in [2.45, 2.75) is 24.9 Å². The third-order valence-corrected chi connectivity index (χ3v) is 6.61. The van der Waals surface area contributed by atoms with Gasteiger partial charge in [0, 0.05) is 32.1 Å². The molecule has 0 N–H and O–H groups in total. The fourth-order valence-electron chi connectivity index (χ4n) is 4.73. The van der Waals surface area contributed by atoms with Crippen LogP contribution in [-0.4, -0.2) is 85.5 Å². The molecule has 2 amide bonds. The Kier molecular flexibility index (Phi) is 6.63. The van der Waals surface area contributed by atoms with Crippen molar-refractivity contribution in [1.29, 1.82) is 0 Å². The summed E-state index contributed by atoms with van der Waals surface area (Å²) in [5, 5.41) is 0. The van der Waals surface area contributed by atoms with E-state index in [0.717, 1.165) is 17.7 Å². The molecule has 6 nitrogen and oxygen atoms in total. The Hall–Kier alpha value is -2.70. The van der Waals surface area contributed by atoms with Gasteiger partial charge in [-0.15, -0.1) is 0 Å². The summed E-state index contributed by atoms with van der Waals surface area (Å²) < 4.78 is 6.29. The monoisotopic (exact) mass is 435 g/mol. The highest BCUT2D eigenvalue weighted by Crippen LogP contribution is 2.42. The number of benzene rings is 2. The number of hydrogen-bond donors (Lipinski definition) is 0. The predicted octanol–water partition coefficient (Wildman–Crippen LogP) is 2.32.